The van der Waals surface area contributed by atoms with Crippen molar-refractivity contribution in [2.75, 3.05) is 18.1 Å². The first kappa shape index (κ1) is 11.2. The number of benzene rings is 1. The summed E-state index contributed by atoms with van der Waals surface area (Å²) in [6.45, 7) is 0.687. The smallest absolute Gasteiger partial charge is 0.129 e. The Hall–Kier alpha value is -0.260. The molecule has 0 aromatic heterocycles. The van der Waals surface area contributed by atoms with E-state index in [1.807, 2.05) is 0 Å². The Labute approximate surface area is 98.8 Å². The van der Waals surface area contributed by atoms with E-state index in [-0.39, 0.29) is 11.9 Å². The van der Waals surface area contributed by atoms with E-state index in [4.69, 9.17) is 0 Å². The Bertz CT molecular complexity index is 399. The van der Waals surface area contributed by atoms with Crippen LogP contribution in [0.5, 0.6) is 0 Å². The Kier molecular flexibility index (Phi) is 3.53. The monoisotopic (exact) mass is 291 g/mol. The van der Waals surface area contributed by atoms with E-state index in [1.54, 1.807) is 12.1 Å². The van der Waals surface area contributed by atoms with E-state index in [0.29, 0.717) is 23.6 Å². The van der Waals surface area contributed by atoms with Crippen molar-refractivity contribution in [3.63, 3.8) is 0 Å². The summed E-state index contributed by atoms with van der Waals surface area (Å²) in [7, 11) is -0.825. The second kappa shape index (κ2) is 4.72. The van der Waals surface area contributed by atoms with Gasteiger partial charge in [-0.1, -0.05) is 22.0 Å². The Morgan fingerprint density at radius 3 is 3.00 bits per heavy atom. The fourth-order valence-corrected chi connectivity index (χ4v) is 3.17. The van der Waals surface area contributed by atoms with Gasteiger partial charge in [0.2, 0.25) is 0 Å². The van der Waals surface area contributed by atoms with Crippen LogP contribution in [0.2, 0.25) is 0 Å². The predicted octanol–water partition coefficient (Wildman–Crippen LogP) is 1.98. The van der Waals surface area contributed by atoms with Crippen molar-refractivity contribution in [1.29, 1.82) is 0 Å². The van der Waals surface area contributed by atoms with Crippen molar-refractivity contribution in [3.8, 4) is 0 Å². The topological polar surface area (TPSA) is 29.1 Å². The minimum Gasteiger partial charge on any atom is -0.308 e. The molecular weight excluding hydrogens is 281 g/mol. The molecule has 0 radical (unpaired) electrons. The van der Waals surface area contributed by atoms with E-state index in [9.17, 15) is 8.60 Å². The predicted molar refractivity (Wildman–Crippen MR) is 62.7 cm³/mol. The molecule has 1 N–H and O–H groups in total. The minimum atomic E-state index is -0.825. The molecule has 5 heteroatoms. The Balaban J connectivity index is 2.24. The molecule has 2 unspecified atom stereocenters. The quantitative estimate of drug-likeness (QED) is 0.857. The number of hydrogen-bond acceptors (Lipinski definition) is 2. The van der Waals surface area contributed by atoms with Crippen LogP contribution in [-0.4, -0.2) is 22.3 Å². The zero-order valence-corrected chi connectivity index (χ0v) is 10.4. The van der Waals surface area contributed by atoms with Crippen LogP contribution in [0.15, 0.2) is 22.7 Å². The van der Waals surface area contributed by atoms with E-state index < -0.39 is 10.8 Å². The third-order valence-electron chi connectivity index (χ3n) is 2.41. The van der Waals surface area contributed by atoms with Gasteiger partial charge in [-0.2, -0.15) is 0 Å². The maximum Gasteiger partial charge on any atom is 0.129 e. The van der Waals surface area contributed by atoms with Crippen molar-refractivity contribution in [2.24, 2.45) is 0 Å². The molecule has 15 heavy (non-hydrogen) atoms. The average Bonchev–Trinajstić information content (AvgIpc) is 2.17. The van der Waals surface area contributed by atoms with Crippen LogP contribution in [-0.2, 0) is 10.8 Å². The van der Waals surface area contributed by atoms with Crippen molar-refractivity contribution < 1.29 is 8.60 Å². The van der Waals surface area contributed by atoms with Crippen molar-refractivity contribution in [3.05, 3.63) is 34.1 Å². The highest BCUT2D eigenvalue weighted by Crippen LogP contribution is 2.23. The SMILES string of the molecule is O=S1CCNC(c2ccc(Br)cc2F)C1. The standard InChI is InChI=1S/C10H11BrFNOS/c11-7-1-2-8(9(12)5-7)10-6-15(14)4-3-13-10/h1-2,5,10,13H,3-4,6H2. The highest BCUT2D eigenvalue weighted by molar-refractivity contribution is 9.10. The van der Waals surface area contributed by atoms with Crippen LogP contribution < -0.4 is 5.32 Å². The molecular formula is C10H11BrFNOS. The first-order chi connectivity index (χ1) is 7.16. The second-order valence-electron chi connectivity index (χ2n) is 3.48. The molecule has 82 valence electrons. The Morgan fingerprint density at radius 2 is 2.33 bits per heavy atom. The van der Waals surface area contributed by atoms with Gasteiger partial charge in [-0.05, 0) is 12.1 Å². The third kappa shape index (κ3) is 2.65. The van der Waals surface area contributed by atoms with Crippen LogP contribution in [0.3, 0.4) is 0 Å². The van der Waals surface area contributed by atoms with Crippen LogP contribution >= 0.6 is 15.9 Å². The van der Waals surface area contributed by atoms with Crippen LogP contribution in [0.25, 0.3) is 0 Å². The lowest BCUT2D eigenvalue weighted by molar-refractivity contribution is 0.530. The van der Waals surface area contributed by atoms with Gasteiger partial charge in [-0.3, -0.25) is 4.21 Å². The Morgan fingerprint density at radius 1 is 1.53 bits per heavy atom. The third-order valence-corrected chi connectivity index (χ3v) is 4.27. The molecule has 1 heterocycles. The van der Waals surface area contributed by atoms with Gasteiger partial charge in [0.25, 0.3) is 0 Å². The largest absolute Gasteiger partial charge is 0.308 e. The van der Waals surface area contributed by atoms with Gasteiger partial charge >= 0.3 is 0 Å². The summed E-state index contributed by atoms with van der Waals surface area (Å²) in [5.74, 6) is 0.911. The van der Waals surface area contributed by atoms with E-state index in [0.717, 1.165) is 4.47 Å². The summed E-state index contributed by atoms with van der Waals surface area (Å²) in [5, 5.41) is 3.18. The molecule has 2 rings (SSSR count). The molecule has 1 aromatic rings. The lowest BCUT2D eigenvalue weighted by atomic mass is 10.1. The van der Waals surface area contributed by atoms with Crippen LogP contribution in [0, 0.1) is 5.82 Å². The molecule has 0 amide bonds. The van der Waals surface area contributed by atoms with Crippen molar-refractivity contribution >= 4 is 26.7 Å². The minimum absolute atomic E-state index is 0.118. The zero-order chi connectivity index (χ0) is 10.8. The van der Waals surface area contributed by atoms with E-state index >= 15 is 0 Å². The molecule has 1 aliphatic rings. The van der Waals surface area contributed by atoms with Gasteiger partial charge < -0.3 is 5.32 Å². The molecule has 1 saturated heterocycles. The number of nitrogens with one attached hydrogen (secondary N) is 1. The zero-order valence-electron chi connectivity index (χ0n) is 8.00. The molecule has 2 atom stereocenters. The summed E-state index contributed by atoms with van der Waals surface area (Å²) < 4.78 is 25.7. The highest BCUT2D eigenvalue weighted by atomic mass is 79.9. The molecule has 1 fully saturated rings. The summed E-state index contributed by atoms with van der Waals surface area (Å²) in [5.41, 5.74) is 0.603. The fraction of sp³-hybridized carbons (Fsp3) is 0.400. The maximum absolute atomic E-state index is 13.6. The average molecular weight is 292 g/mol. The van der Waals surface area contributed by atoms with Gasteiger partial charge in [0, 0.05) is 44.9 Å². The number of hydrogen-bond donors (Lipinski definition) is 1. The van der Waals surface area contributed by atoms with Gasteiger partial charge in [0.15, 0.2) is 0 Å². The molecule has 2 nitrogen and oxygen atoms in total. The molecule has 1 aromatic carbocycles. The maximum atomic E-state index is 13.6. The summed E-state index contributed by atoms with van der Waals surface area (Å²) in [6, 6.07) is 4.86. The van der Waals surface area contributed by atoms with E-state index in [2.05, 4.69) is 21.2 Å². The lowest BCUT2D eigenvalue weighted by Crippen LogP contribution is -2.36. The molecule has 1 aliphatic heterocycles. The van der Waals surface area contributed by atoms with Gasteiger partial charge in [-0.25, -0.2) is 4.39 Å². The lowest BCUT2D eigenvalue weighted by Gasteiger charge is -2.23. The highest BCUT2D eigenvalue weighted by Gasteiger charge is 2.21. The van der Waals surface area contributed by atoms with Crippen molar-refractivity contribution in [1.82, 2.24) is 5.32 Å². The molecule has 0 spiro atoms. The summed E-state index contributed by atoms with van der Waals surface area (Å²) in [4.78, 5) is 0. The molecule has 0 bridgehead atoms. The molecule has 0 saturated carbocycles. The first-order valence-electron chi connectivity index (χ1n) is 4.70. The number of halogens is 2. The van der Waals surface area contributed by atoms with E-state index in [1.165, 1.54) is 6.07 Å². The van der Waals surface area contributed by atoms with Crippen LogP contribution in [0.1, 0.15) is 11.6 Å². The van der Waals surface area contributed by atoms with Gasteiger partial charge in [-0.15, -0.1) is 0 Å². The first-order valence-corrected chi connectivity index (χ1v) is 6.98. The number of rotatable bonds is 1. The fourth-order valence-electron chi connectivity index (χ4n) is 1.66. The summed E-state index contributed by atoms with van der Waals surface area (Å²) >= 11 is 3.21. The van der Waals surface area contributed by atoms with Crippen molar-refractivity contribution in [2.45, 2.75) is 6.04 Å². The second-order valence-corrected chi connectivity index (χ2v) is 6.02. The molecule has 0 aliphatic carbocycles. The van der Waals surface area contributed by atoms with Gasteiger partial charge in [0.1, 0.15) is 5.82 Å². The van der Waals surface area contributed by atoms with Crippen LogP contribution in [0.4, 0.5) is 4.39 Å². The normalized spacial score (nSPS) is 26.5. The summed E-state index contributed by atoms with van der Waals surface area (Å²) in [6.07, 6.45) is 0. The van der Waals surface area contributed by atoms with Gasteiger partial charge in [0.05, 0.1) is 0 Å².